The first-order valence-corrected chi connectivity index (χ1v) is 28.0. The average molecular weight is 1210 g/mol. The molecule has 14 N–H and O–H groups in total. The summed E-state index contributed by atoms with van der Waals surface area (Å²) in [5.41, 5.74) is 11.6. The number of carbonyl (C=O) groups is 4. The molecule has 2 aromatic carbocycles. The zero-order valence-corrected chi connectivity index (χ0v) is 50.7. The maximum atomic E-state index is 13.6. The molecule has 25 heteroatoms. The maximum Gasteiger partial charge on any atom is 0.405 e. The third kappa shape index (κ3) is 19.8. The van der Waals surface area contributed by atoms with E-state index in [1.165, 1.54) is 103 Å². The Morgan fingerprint density at radius 3 is 1.31 bits per heavy atom. The summed E-state index contributed by atoms with van der Waals surface area (Å²) >= 11 is 0. The third-order valence-electron chi connectivity index (χ3n) is 14.9. The van der Waals surface area contributed by atoms with E-state index in [4.69, 9.17) is 39.9 Å². The van der Waals surface area contributed by atoms with Crippen LogP contribution in [0.25, 0.3) is 0 Å². The molecule has 2 aliphatic rings. The number of benzene rings is 2. The monoisotopic (exact) mass is 1210 g/mol. The fourth-order valence-electron chi connectivity index (χ4n) is 10.1. The van der Waals surface area contributed by atoms with E-state index in [-0.39, 0.29) is 130 Å². The summed E-state index contributed by atoms with van der Waals surface area (Å²) in [6.07, 6.45) is 4.65. The van der Waals surface area contributed by atoms with Crippen molar-refractivity contribution < 1.29 is 88.5 Å². The van der Waals surface area contributed by atoms with Gasteiger partial charge in [-0.3, -0.25) is 24.5 Å². The quantitative estimate of drug-likeness (QED) is 0.0487. The molecule has 0 saturated heterocycles. The van der Waals surface area contributed by atoms with Gasteiger partial charge in [0.15, 0.2) is 12.2 Å². The van der Waals surface area contributed by atoms with Crippen LogP contribution in [0.15, 0.2) is 93.0 Å². The first-order valence-electron chi connectivity index (χ1n) is 28.0. The number of hydrogen-bond donors (Lipinski definition) is 12. The molecule has 0 fully saturated rings. The van der Waals surface area contributed by atoms with Crippen molar-refractivity contribution in [2.75, 3.05) is 72.4 Å². The van der Waals surface area contributed by atoms with Crippen molar-refractivity contribution in [3.05, 3.63) is 94.2 Å². The van der Waals surface area contributed by atoms with Crippen molar-refractivity contribution in [1.29, 1.82) is 0 Å². The van der Waals surface area contributed by atoms with Crippen LogP contribution in [0.4, 0.5) is 32.3 Å². The van der Waals surface area contributed by atoms with Crippen molar-refractivity contribution in [1.82, 2.24) is 4.90 Å². The average Bonchev–Trinajstić information content (AvgIpc) is 2.55. The lowest BCUT2D eigenvalue weighted by atomic mass is 9.87. The number of primary amides is 2. The zero-order valence-electron chi connectivity index (χ0n) is 50.7. The smallest absolute Gasteiger partial charge is 0.405 e. The fourth-order valence-corrected chi connectivity index (χ4v) is 10.1. The molecule has 25 nitrogen and oxygen atoms in total. The van der Waals surface area contributed by atoms with Gasteiger partial charge in [0.2, 0.25) is 0 Å². The van der Waals surface area contributed by atoms with Crippen LogP contribution in [0.3, 0.4) is 0 Å². The number of aliphatic hydroxyl groups is 4. The van der Waals surface area contributed by atoms with E-state index in [2.05, 4.69) is 20.6 Å². The van der Waals surface area contributed by atoms with E-state index in [1.807, 2.05) is 13.8 Å². The largest absolute Gasteiger partial charge is 0.506 e. The summed E-state index contributed by atoms with van der Waals surface area (Å²) in [5.74, 6) is -4.92. The van der Waals surface area contributed by atoms with Gasteiger partial charge < -0.3 is 91.4 Å². The summed E-state index contributed by atoms with van der Waals surface area (Å²) in [5, 5.41) is 96.3. The number of nitrogens with zero attached hydrogens (tertiary/aromatic N) is 3. The van der Waals surface area contributed by atoms with Gasteiger partial charge >= 0.3 is 12.2 Å². The van der Waals surface area contributed by atoms with Crippen LogP contribution in [0.2, 0.25) is 0 Å². The lowest BCUT2D eigenvalue weighted by Gasteiger charge is -2.30. The first-order chi connectivity index (χ1) is 40.7. The summed E-state index contributed by atoms with van der Waals surface area (Å²) in [6.45, 7) is 9.14. The van der Waals surface area contributed by atoms with Crippen LogP contribution in [-0.2, 0) is 50.9 Å². The van der Waals surface area contributed by atoms with E-state index < -0.39 is 97.9 Å². The molecular weight excluding hydrogens is 1120 g/mol. The Kier molecular flexibility index (Phi) is 28.1. The van der Waals surface area contributed by atoms with E-state index >= 15 is 0 Å². The second-order valence-electron chi connectivity index (χ2n) is 21.7. The van der Waals surface area contributed by atoms with Gasteiger partial charge in [-0.25, -0.2) is 9.59 Å². The highest BCUT2D eigenvalue weighted by Crippen LogP contribution is 2.46. The van der Waals surface area contributed by atoms with Gasteiger partial charge in [0.05, 0.1) is 49.0 Å². The Morgan fingerprint density at radius 1 is 0.640 bits per heavy atom. The second-order valence-corrected chi connectivity index (χ2v) is 21.7. The molecule has 2 aromatic rings. The highest BCUT2D eigenvalue weighted by atomic mass is 16.6. The van der Waals surface area contributed by atoms with Crippen LogP contribution in [0.5, 0.6) is 23.0 Å². The molecule has 4 amide bonds. The van der Waals surface area contributed by atoms with Crippen molar-refractivity contribution in [3.8, 4) is 23.0 Å². The normalized spacial score (nSPS) is 26.4. The van der Waals surface area contributed by atoms with E-state index in [9.17, 15) is 60.0 Å². The van der Waals surface area contributed by atoms with Crippen LogP contribution >= 0.6 is 0 Å². The number of phenolic OH excluding ortho intramolecular Hbond substituents is 4. The fraction of sp³-hybridized carbons (Fsp3) is 0.508. The number of ether oxygens (including phenoxy) is 6. The van der Waals surface area contributed by atoms with Gasteiger partial charge in [-0.15, -0.1) is 0 Å². The van der Waals surface area contributed by atoms with Crippen LogP contribution in [0, 0.1) is 23.7 Å². The molecule has 4 bridgehead atoms. The van der Waals surface area contributed by atoms with Crippen LogP contribution < -0.4 is 22.1 Å². The number of carbonyl (C=O) groups excluding carboxylic acids is 4. The van der Waals surface area contributed by atoms with E-state index in [1.54, 1.807) is 37.9 Å². The molecular formula is C61H87N7O18. The molecule has 86 heavy (non-hydrogen) atoms. The number of allylic oxidation sites excluding steroid dienone is 4. The number of rotatable bonds is 14. The molecule has 0 radical (unpaired) electrons. The van der Waals surface area contributed by atoms with Gasteiger partial charge in [0, 0.05) is 100 Å². The molecule has 0 spiro atoms. The third-order valence-corrected chi connectivity index (χ3v) is 14.9. The van der Waals surface area contributed by atoms with Crippen molar-refractivity contribution in [2.24, 2.45) is 45.1 Å². The predicted octanol–water partition coefficient (Wildman–Crippen LogP) is 5.41. The van der Waals surface area contributed by atoms with E-state index in [0.29, 0.717) is 0 Å². The molecule has 4 rings (SSSR count). The number of amides is 4. The summed E-state index contributed by atoms with van der Waals surface area (Å²) in [7, 11) is 7.27. The van der Waals surface area contributed by atoms with Gasteiger partial charge in [-0.2, -0.15) is 0 Å². The number of nitrogens with two attached hydrogens (primary N) is 2. The van der Waals surface area contributed by atoms with Gasteiger partial charge in [-0.05, 0) is 69.6 Å². The topological polar surface area (TPSA) is 390 Å². The standard InChI is InChI=1S/C61H87N7O18/c1-32-22-40-50(44(71)28-42(54(40)75)66-58(77)34(3)14-12-16-46(81-8)56(85-60(62)79)38(30-69)26-36(5)52(73)48(24-32)83-10)64-18-20-68(7)21-19-65-51-41-23-33(2)25-49(84-11)53(74)37(6)27-39(31-70)57(86-61(63)80)47(82-9)17-13-15-35(4)59(78)67-43(55(41)76)29-45(51)72/h12-19,26-29,32-33,36-37,46-49,52-53,56-57,69-76H,20-25,30-31H2,1-11H3,(H2,62,79)(H2,63,80)(H,66,77)(H,67,78)/t32-,33-,36+,37+,46+,47+,48+,49+,52-,53-,56+,57+/m1/s1. The van der Waals surface area contributed by atoms with Crippen LogP contribution in [0.1, 0.15) is 65.5 Å². The minimum Gasteiger partial charge on any atom is -0.506 e. The number of hydrogen-bond acceptors (Lipinski definition) is 21. The SMILES string of the molecule is CO[C@H]1C=CC=C(C)C(=O)Nc2cc(O)c(N=CCN(C)CC=Nc3c(O)cc4c(O)c3C[C@@H](C)C[C@H](OC)[C@H](O)[C@@H](C)C=C(CO)[C@H](OC(N)=O)[C@@H](OC)C=CC=C(C)C(=O)N4)c(c2O)C[C@@H](C)C[C@H](OC)[C@H](O)[C@@H](C)C=C(CO)[C@@H]1OC(N)=O. The lowest BCUT2D eigenvalue weighted by molar-refractivity contribution is -0.113. The summed E-state index contributed by atoms with van der Waals surface area (Å²) in [4.78, 5) is 62.2. The van der Waals surface area contributed by atoms with E-state index in [0.717, 1.165) is 0 Å². The molecule has 2 aliphatic heterocycles. The molecule has 0 saturated carbocycles. The highest BCUT2D eigenvalue weighted by Gasteiger charge is 2.34. The number of aliphatic imine (C=N–C) groups is 2. The Hall–Kier alpha value is -7.46. The highest BCUT2D eigenvalue weighted by molar-refractivity contribution is 6.05. The Morgan fingerprint density at radius 2 is 1.00 bits per heavy atom. The number of nitrogens with one attached hydrogen (secondary N) is 2. The van der Waals surface area contributed by atoms with Gasteiger partial charge in [-0.1, -0.05) is 76.3 Å². The molecule has 12 atom stereocenters. The van der Waals surface area contributed by atoms with Crippen LogP contribution in [-0.4, -0.2) is 193 Å². The Balaban J connectivity index is 1.70. The Labute approximate surface area is 501 Å². The summed E-state index contributed by atoms with van der Waals surface area (Å²) in [6, 6.07) is 2.34. The van der Waals surface area contributed by atoms with Crippen molar-refractivity contribution in [2.45, 2.75) is 116 Å². The molecule has 0 aromatic heterocycles. The first kappa shape index (κ1) is 71.0. The molecule has 2 heterocycles. The number of methoxy groups -OCH3 is 4. The predicted molar refractivity (Wildman–Crippen MR) is 324 cm³/mol. The Bertz CT molecular complexity index is 2730. The number of fused-ring (bicyclic) bond motifs is 4. The lowest BCUT2D eigenvalue weighted by Crippen LogP contribution is -2.38. The minimum atomic E-state index is -1.22. The number of phenols is 4. The summed E-state index contributed by atoms with van der Waals surface area (Å²) < 4.78 is 33.5. The second kappa shape index (κ2) is 34.0. The zero-order chi connectivity index (χ0) is 64.1. The molecule has 474 valence electrons. The number of anilines is 2. The maximum absolute atomic E-state index is 13.6. The molecule has 0 aliphatic carbocycles. The minimum absolute atomic E-state index is 0.000506. The van der Waals surface area contributed by atoms with Crippen molar-refractivity contribution in [3.63, 3.8) is 0 Å². The number of aromatic hydroxyl groups is 4. The molecule has 0 unspecified atom stereocenters. The number of aliphatic hydroxyl groups excluding tert-OH is 4. The van der Waals surface area contributed by atoms with Gasteiger partial charge in [0.25, 0.3) is 11.8 Å². The van der Waals surface area contributed by atoms with Crippen molar-refractivity contribution >= 4 is 59.2 Å². The van der Waals surface area contributed by atoms with Gasteiger partial charge in [0.1, 0.15) is 46.6 Å².